The van der Waals surface area contributed by atoms with Gasteiger partial charge < -0.3 is 5.32 Å². The smallest absolute Gasteiger partial charge is 0.294 e. The number of aromatic amines is 1. The van der Waals surface area contributed by atoms with Crippen LogP contribution in [0.15, 0.2) is 47.5 Å². The van der Waals surface area contributed by atoms with E-state index in [1.807, 2.05) is 6.07 Å². The molecule has 0 bridgehead atoms. The van der Waals surface area contributed by atoms with Gasteiger partial charge >= 0.3 is 0 Å². The molecule has 0 aliphatic carbocycles. The van der Waals surface area contributed by atoms with Crippen LogP contribution in [0.3, 0.4) is 0 Å². The Morgan fingerprint density at radius 3 is 2.64 bits per heavy atom. The van der Waals surface area contributed by atoms with Gasteiger partial charge in [0.05, 0.1) is 21.5 Å². The summed E-state index contributed by atoms with van der Waals surface area (Å²) in [7, 11) is -3.74. The van der Waals surface area contributed by atoms with E-state index in [4.69, 9.17) is 0 Å². The van der Waals surface area contributed by atoms with Crippen LogP contribution in [0.5, 0.6) is 0 Å². The maximum Gasteiger partial charge on any atom is 0.294 e. The second-order valence-corrected chi connectivity index (χ2v) is 8.64. The predicted molar refractivity (Wildman–Crippen MR) is 105 cm³/mol. The Kier molecular flexibility index (Phi) is 4.73. The lowest BCUT2D eigenvalue weighted by Gasteiger charge is -2.25. The Bertz CT molecular complexity index is 1140. The molecule has 1 saturated heterocycles. The highest BCUT2D eigenvalue weighted by Crippen LogP contribution is 2.32. The highest BCUT2D eigenvalue weighted by Gasteiger charge is 2.28. The summed E-state index contributed by atoms with van der Waals surface area (Å²) < 4.78 is 27.0. The van der Waals surface area contributed by atoms with Crippen molar-refractivity contribution in [2.45, 2.75) is 24.2 Å². The fourth-order valence-electron chi connectivity index (χ4n) is 3.36. The van der Waals surface area contributed by atoms with Crippen LogP contribution < -0.4 is 5.32 Å². The van der Waals surface area contributed by atoms with Gasteiger partial charge in [-0.3, -0.25) is 15.2 Å². The summed E-state index contributed by atoms with van der Waals surface area (Å²) >= 11 is 0. The fourth-order valence-corrected chi connectivity index (χ4v) is 4.90. The molecule has 2 N–H and O–H groups in total. The quantitative estimate of drug-likeness (QED) is 0.499. The van der Waals surface area contributed by atoms with Gasteiger partial charge in [-0.15, -0.1) is 0 Å². The number of benzene rings is 2. The zero-order valence-corrected chi connectivity index (χ0v) is 15.8. The predicted octanol–water partition coefficient (Wildman–Crippen LogP) is 3.39. The van der Waals surface area contributed by atoms with Crippen molar-refractivity contribution in [2.24, 2.45) is 0 Å². The molecule has 0 amide bonds. The van der Waals surface area contributed by atoms with E-state index in [0.29, 0.717) is 18.8 Å². The number of anilines is 2. The molecule has 3 aromatic rings. The second kappa shape index (κ2) is 7.21. The number of piperidine rings is 1. The molecule has 2 heterocycles. The van der Waals surface area contributed by atoms with Crippen LogP contribution in [0.4, 0.5) is 17.1 Å². The first-order valence-corrected chi connectivity index (χ1v) is 10.4. The summed E-state index contributed by atoms with van der Waals surface area (Å²) in [6.45, 7) is 0.891. The number of nitrogens with one attached hydrogen (secondary N) is 2. The van der Waals surface area contributed by atoms with Gasteiger partial charge in [0.2, 0.25) is 10.0 Å². The van der Waals surface area contributed by atoms with Crippen LogP contribution in [0.25, 0.3) is 10.9 Å². The lowest BCUT2D eigenvalue weighted by Crippen LogP contribution is -2.35. The maximum atomic E-state index is 12.8. The van der Waals surface area contributed by atoms with E-state index < -0.39 is 14.9 Å². The molecule has 1 fully saturated rings. The van der Waals surface area contributed by atoms with E-state index in [1.165, 1.54) is 16.4 Å². The highest BCUT2D eigenvalue weighted by molar-refractivity contribution is 7.89. The molecule has 146 valence electrons. The summed E-state index contributed by atoms with van der Waals surface area (Å²) in [6.07, 6.45) is 4.26. The molecule has 1 aromatic heterocycles. The van der Waals surface area contributed by atoms with Crippen LogP contribution in [0.1, 0.15) is 19.3 Å². The molecule has 28 heavy (non-hydrogen) atoms. The van der Waals surface area contributed by atoms with E-state index in [2.05, 4.69) is 15.5 Å². The highest BCUT2D eigenvalue weighted by atomic mass is 32.2. The number of nitrogens with zero attached hydrogens (tertiary/aromatic N) is 3. The molecule has 1 aliphatic heterocycles. The molecule has 10 heteroatoms. The number of nitro groups is 1. The van der Waals surface area contributed by atoms with Gasteiger partial charge in [-0.1, -0.05) is 6.42 Å². The van der Waals surface area contributed by atoms with Gasteiger partial charge in [-0.25, -0.2) is 8.42 Å². The van der Waals surface area contributed by atoms with E-state index in [-0.39, 0.29) is 16.3 Å². The van der Waals surface area contributed by atoms with Crippen molar-refractivity contribution in [3.63, 3.8) is 0 Å². The molecule has 4 rings (SSSR count). The molecular formula is C18H19N5O4S. The number of sulfonamides is 1. The molecule has 0 unspecified atom stereocenters. The summed E-state index contributed by atoms with van der Waals surface area (Å²) in [4.78, 5) is 10.9. The molecule has 1 aliphatic rings. The average molecular weight is 401 g/mol. The number of H-pyrrole nitrogens is 1. The Balaban J connectivity index is 1.67. The third-order valence-corrected chi connectivity index (χ3v) is 6.73. The van der Waals surface area contributed by atoms with Gasteiger partial charge in [0.25, 0.3) is 5.69 Å². The molecule has 0 radical (unpaired) electrons. The Hall–Kier alpha value is -2.98. The van der Waals surface area contributed by atoms with Crippen LogP contribution in [0.2, 0.25) is 0 Å². The lowest BCUT2D eigenvalue weighted by atomic mass is 10.2. The van der Waals surface area contributed by atoms with Gasteiger partial charge in [0.15, 0.2) is 0 Å². The topological polar surface area (TPSA) is 121 Å². The zero-order valence-electron chi connectivity index (χ0n) is 15.0. The van der Waals surface area contributed by atoms with Crippen molar-refractivity contribution in [1.82, 2.24) is 14.5 Å². The van der Waals surface area contributed by atoms with E-state index in [0.717, 1.165) is 36.2 Å². The minimum absolute atomic E-state index is 0.0584. The van der Waals surface area contributed by atoms with Gasteiger partial charge in [-0.2, -0.15) is 9.40 Å². The molecule has 0 atom stereocenters. The van der Waals surface area contributed by atoms with Crippen LogP contribution in [0, 0.1) is 10.1 Å². The Labute approximate surface area is 161 Å². The minimum atomic E-state index is -3.74. The van der Waals surface area contributed by atoms with E-state index in [9.17, 15) is 18.5 Å². The number of aromatic nitrogens is 2. The number of hydrogen-bond donors (Lipinski definition) is 2. The summed E-state index contributed by atoms with van der Waals surface area (Å²) in [5.41, 5.74) is 1.43. The standard InChI is InChI=1S/C18H19N5O4S/c24-23(25)18-11-15(28(26,27)22-8-2-1-3-9-22)5-7-17(18)20-14-4-6-16-13(10-14)12-19-21-16/h4-7,10-12,20H,1-3,8-9H2,(H,19,21). The molecule has 0 spiro atoms. The fraction of sp³-hybridized carbons (Fsp3) is 0.278. The SMILES string of the molecule is O=[N+]([O-])c1cc(S(=O)(=O)N2CCCCC2)ccc1Nc1ccc2[nH]ncc2c1. The third kappa shape index (κ3) is 3.43. The van der Waals surface area contributed by atoms with Gasteiger partial charge in [0.1, 0.15) is 5.69 Å². The molecular weight excluding hydrogens is 382 g/mol. The maximum absolute atomic E-state index is 12.8. The first-order chi connectivity index (χ1) is 13.4. The Morgan fingerprint density at radius 2 is 1.89 bits per heavy atom. The molecule has 0 saturated carbocycles. The van der Waals surface area contributed by atoms with Crippen molar-refractivity contribution in [3.05, 3.63) is 52.7 Å². The number of rotatable bonds is 5. The zero-order chi connectivity index (χ0) is 19.7. The van der Waals surface area contributed by atoms with Crippen molar-refractivity contribution < 1.29 is 13.3 Å². The number of fused-ring (bicyclic) bond motifs is 1. The lowest BCUT2D eigenvalue weighted by molar-refractivity contribution is -0.384. The van der Waals surface area contributed by atoms with Crippen LogP contribution in [-0.2, 0) is 10.0 Å². The first-order valence-electron chi connectivity index (χ1n) is 8.94. The summed E-state index contributed by atoms with van der Waals surface area (Å²) in [6, 6.07) is 9.36. The normalized spacial score (nSPS) is 15.6. The molecule has 2 aromatic carbocycles. The third-order valence-electron chi connectivity index (χ3n) is 4.84. The Morgan fingerprint density at radius 1 is 1.11 bits per heavy atom. The van der Waals surface area contributed by atoms with Crippen molar-refractivity contribution in [2.75, 3.05) is 18.4 Å². The largest absolute Gasteiger partial charge is 0.350 e. The number of hydrogen-bond acceptors (Lipinski definition) is 6. The number of nitro benzene ring substituents is 1. The van der Waals surface area contributed by atoms with Gasteiger partial charge in [0, 0.05) is 30.2 Å². The van der Waals surface area contributed by atoms with Crippen molar-refractivity contribution in [1.29, 1.82) is 0 Å². The first kappa shape index (κ1) is 18.4. The van der Waals surface area contributed by atoms with Gasteiger partial charge in [-0.05, 0) is 43.2 Å². The van der Waals surface area contributed by atoms with E-state index >= 15 is 0 Å². The second-order valence-electron chi connectivity index (χ2n) is 6.70. The molecule has 9 nitrogen and oxygen atoms in total. The van der Waals surface area contributed by atoms with Crippen LogP contribution >= 0.6 is 0 Å². The monoisotopic (exact) mass is 401 g/mol. The van der Waals surface area contributed by atoms with Crippen molar-refractivity contribution in [3.8, 4) is 0 Å². The summed E-state index contributed by atoms with van der Waals surface area (Å²) in [5.74, 6) is 0. The van der Waals surface area contributed by atoms with Crippen molar-refractivity contribution >= 4 is 38.0 Å². The summed E-state index contributed by atoms with van der Waals surface area (Å²) in [5, 5.41) is 22.2. The average Bonchev–Trinajstić information content (AvgIpc) is 3.16. The van der Waals surface area contributed by atoms with E-state index in [1.54, 1.807) is 18.3 Å². The van der Waals surface area contributed by atoms with Crippen LogP contribution in [-0.4, -0.2) is 40.9 Å². The minimum Gasteiger partial charge on any atom is -0.350 e.